The van der Waals surface area contributed by atoms with Crippen molar-refractivity contribution in [3.05, 3.63) is 69.8 Å². The van der Waals surface area contributed by atoms with Crippen molar-refractivity contribution < 1.29 is 13.2 Å². The number of rotatable bonds is 0. The molecule has 1 aliphatic rings. The molecule has 142 valence electrons. The van der Waals surface area contributed by atoms with Gasteiger partial charge in [-0.3, -0.25) is 9.36 Å². The van der Waals surface area contributed by atoms with Crippen LogP contribution in [-0.2, 0) is 13.0 Å². The molecule has 1 aliphatic heterocycles. The molecule has 0 N–H and O–H groups in total. The summed E-state index contributed by atoms with van der Waals surface area (Å²) in [7, 11) is 0. The largest absolute Gasteiger partial charge is 0.296 e. The van der Waals surface area contributed by atoms with Crippen molar-refractivity contribution in [1.29, 1.82) is 0 Å². The smallest absolute Gasteiger partial charge is 0.261 e. The predicted molar refractivity (Wildman–Crippen MR) is 98.6 cm³/mol. The first kappa shape index (κ1) is 18.2. The maximum absolute atomic E-state index is 15.0. The number of hydrogen-bond acceptors (Lipinski definition) is 3. The lowest BCUT2D eigenvalue weighted by Crippen LogP contribution is -2.26. The third-order valence-corrected chi connectivity index (χ3v) is 5.01. The summed E-state index contributed by atoms with van der Waals surface area (Å²) in [6.07, 6.45) is 1.04. The Bertz CT molecular complexity index is 1180. The number of pyridine rings is 1. The van der Waals surface area contributed by atoms with Gasteiger partial charge in [0.2, 0.25) is 0 Å². The second kappa shape index (κ2) is 6.79. The second-order valence-corrected chi connectivity index (χ2v) is 6.89. The van der Waals surface area contributed by atoms with Crippen LogP contribution in [0, 0.1) is 23.6 Å². The summed E-state index contributed by atoms with van der Waals surface area (Å²) < 4.78 is 44.4. The van der Waals surface area contributed by atoms with Crippen LogP contribution in [-0.4, -0.2) is 20.5 Å². The summed E-state index contributed by atoms with van der Waals surface area (Å²) in [5, 5.41) is 0.0579. The summed E-state index contributed by atoms with van der Waals surface area (Å²) in [6.45, 7) is 1.27. The zero-order valence-electron chi connectivity index (χ0n) is 15.0. The maximum Gasteiger partial charge on any atom is 0.261 e. The minimum absolute atomic E-state index is 0.0579. The normalized spacial score (nSPS) is 18.1. The summed E-state index contributed by atoms with van der Waals surface area (Å²) in [5.41, 5.74) is -0.0930. The van der Waals surface area contributed by atoms with E-state index in [1.54, 1.807) is 24.4 Å². The van der Waals surface area contributed by atoms with Gasteiger partial charge in [0.1, 0.15) is 17.0 Å². The van der Waals surface area contributed by atoms with Gasteiger partial charge in [0.05, 0.1) is 10.9 Å². The molecule has 0 radical (unpaired) electrons. The van der Waals surface area contributed by atoms with Crippen molar-refractivity contribution in [3.63, 3.8) is 0 Å². The predicted octanol–water partition coefficient (Wildman–Crippen LogP) is 3.55. The van der Waals surface area contributed by atoms with E-state index in [4.69, 9.17) is 0 Å². The van der Waals surface area contributed by atoms with Gasteiger partial charge < -0.3 is 0 Å². The molecule has 1 aromatic carbocycles. The quantitative estimate of drug-likeness (QED) is 0.558. The molecular weight excluding hydrogens is 367 g/mol. The van der Waals surface area contributed by atoms with E-state index in [1.165, 1.54) is 23.6 Å². The Balaban J connectivity index is 1.84. The summed E-state index contributed by atoms with van der Waals surface area (Å²) in [5.74, 6) is 1.02. The first-order valence-corrected chi connectivity index (χ1v) is 8.89. The highest BCUT2D eigenvalue weighted by atomic mass is 19.3. The Morgan fingerprint density at radius 1 is 1.21 bits per heavy atom. The van der Waals surface area contributed by atoms with Crippen LogP contribution in [0.2, 0.25) is 0 Å². The Labute approximate surface area is 159 Å². The molecule has 0 amide bonds. The molecule has 3 aromatic rings. The maximum atomic E-state index is 15.0. The van der Waals surface area contributed by atoms with E-state index in [-0.39, 0.29) is 35.3 Å². The highest BCUT2D eigenvalue weighted by Crippen LogP contribution is 2.33. The van der Waals surface area contributed by atoms with E-state index < -0.39 is 29.6 Å². The molecule has 28 heavy (non-hydrogen) atoms. The van der Waals surface area contributed by atoms with Gasteiger partial charge in [0.15, 0.2) is 5.82 Å². The van der Waals surface area contributed by atoms with Crippen molar-refractivity contribution in [3.8, 4) is 11.8 Å². The van der Waals surface area contributed by atoms with Gasteiger partial charge >= 0.3 is 0 Å². The van der Waals surface area contributed by atoms with Gasteiger partial charge in [-0.2, -0.15) is 0 Å². The van der Waals surface area contributed by atoms with Gasteiger partial charge in [-0.05, 0) is 30.2 Å². The number of benzene rings is 1. The molecule has 7 heteroatoms. The summed E-state index contributed by atoms with van der Waals surface area (Å²) in [6, 6.07) is 8.05. The molecule has 4 nitrogen and oxygen atoms in total. The first-order chi connectivity index (χ1) is 13.4. The number of nitrogens with zero attached hydrogens (tertiary/aromatic N) is 3. The van der Waals surface area contributed by atoms with E-state index in [1.807, 2.05) is 0 Å². The van der Waals surface area contributed by atoms with Crippen molar-refractivity contribution in [1.82, 2.24) is 14.5 Å². The fraction of sp³-hybridized carbons (Fsp3) is 0.286. The molecule has 0 aliphatic carbocycles. The Morgan fingerprint density at radius 2 is 2.04 bits per heavy atom. The minimum atomic E-state index is -2.90. The lowest BCUT2D eigenvalue weighted by Gasteiger charge is -2.19. The van der Waals surface area contributed by atoms with Gasteiger partial charge in [0, 0.05) is 31.5 Å². The summed E-state index contributed by atoms with van der Waals surface area (Å²) >= 11 is 0. The average Bonchev–Trinajstić information content (AvgIpc) is 2.79. The van der Waals surface area contributed by atoms with E-state index in [0.717, 1.165) is 0 Å². The van der Waals surface area contributed by atoms with Crippen LogP contribution in [0.5, 0.6) is 0 Å². The zero-order chi connectivity index (χ0) is 19.9. The SMILES string of the molecule is CC1Cc2nc3c(F)c(C#Cc4ccccn4)ccc3c(=O)n2CCC1(F)F. The Morgan fingerprint density at radius 3 is 2.79 bits per heavy atom. The van der Waals surface area contributed by atoms with E-state index in [2.05, 4.69) is 21.8 Å². The van der Waals surface area contributed by atoms with E-state index >= 15 is 0 Å². The topological polar surface area (TPSA) is 47.8 Å². The van der Waals surface area contributed by atoms with Crippen LogP contribution in [0.3, 0.4) is 0 Å². The number of aromatic nitrogens is 3. The molecular formula is C21H16F3N3O. The molecule has 0 saturated carbocycles. The van der Waals surface area contributed by atoms with Crippen LogP contribution < -0.4 is 5.56 Å². The molecule has 0 fully saturated rings. The fourth-order valence-electron chi connectivity index (χ4n) is 3.28. The highest BCUT2D eigenvalue weighted by molar-refractivity contribution is 5.80. The summed E-state index contributed by atoms with van der Waals surface area (Å²) in [4.78, 5) is 21.0. The molecule has 0 saturated heterocycles. The zero-order valence-corrected chi connectivity index (χ0v) is 15.0. The van der Waals surface area contributed by atoms with Crippen molar-refractivity contribution in [2.24, 2.45) is 5.92 Å². The number of fused-ring (bicyclic) bond motifs is 2. The van der Waals surface area contributed by atoms with Crippen LogP contribution in [0.1, 0.15) is 30.4 Å². The van der Waals surface area contributed by atoms with Gasteiger partial charge in [0.25, 0.3) is 11.5 Å². The van der Waals surface area contributed by atoms with Gasteiger partial charge in [-0.1, -0.05) is 18.9 Å². The lowest BCUT2D eigenvalue weighted by molar-refractivity contribution is -0.0571. The van der Waals surface area contributed by atoms with Crippen molar-refractivity contribution >= 4 is 10.9 Å². The van der Waals surface area contributed by atoms with E-state index in [9.17, 15) is 18.0 Å². The minimum Gasteiger partial charge on any atom is -0.296 e. The number of halogens is 3. The molecule has 4 rings (SSSR count). The van der Waals surface area contributed by atoms with Crippen LogP contribution in [0.15, 0.2) is 41.3 Å². The van der Waals surface area contributed by atoms with Crippen LogP contribution in [0.4, 0.5) is 13.2 Å². The third kappa shape index (κ3) is 3.15. The van der Waals surface area contributed by atoms with Gasteiger partial charge in [-0.25, -0.2) is 23.1 Å². The Hall–Kier alpha value is -3.14. The highest BCUT2D eigenvalue weighted by Gasteiger charge is 2.39. The second-order valence-electron chi connectivity index (χ2n) is 6.89. The molecule has 3 heterocycles. The third-order valence-electron chi connectivity index (χ3n) is 5.01. The lowest BCUT2D eigenvalue weighted by atomic mass is 9.98. The van der Waals surface area contributed by atoms with Gasteiger partial charge in [-0.15, -0.1) is 0 Å². The number of hydrogen-bond donors (Lipinski definition) is 0. The monoisotopic (exact) mass is 383 g/mol. The first-order valence-electron chi connectivity index (χ1n) is 8.89. The molecule has 1 unspecified atom stereocenters. The van der Waals surface area contributed by atoms with Crippen LogP contribution in [0.25, 0.3) is 10.9 Å². The molecule has 1 atom stereocenters. The Kier molecular flexibility index (Phi) is 4.42. The number of alkyl halides is 2. The molecule has 2 aromatic heterocycles. The van der Waals surface area contributed by atoms with E-state index in [0.29, 0.717) is 5.69 Å². The molecule has 0 spiro atoms. The van der Waals surface area contributed by atoms with Crippen molar-refractivity contribution in [2.75, 3.05) is 0 Å². The fourth-order valence-corrected chi connectivity index (χ4v) is 3.28. The standard InChI is InChI=1S/C21H16F3N3O/c1-13-12-17-26-19-16(20(28)27(17)11-9-21(13,23)24)8-6-14(18(19)22)5-7-15-4-2-3-10-25-15/h2-4,6,8,10,13H,9,11-12H2,1H3. The van der Waals surface area contributed by atoms with Crippen molar-refractivity contribution in [2.45, 2.75) is 32.2 Å². The van der Waals surface area contributed by atoms with Crippen LogP contribution >= 0.6 is 0 Å². The average molecular weight is 383 g/mol. The molecule has 0 bridgehead atoms.